The van der Waals surface area contributed by atoms with Crippen molar-refractivity contribution in [2.75, 3.05) is 5.32 Å². The van der Waals surface area contributed by atoms with Gasteiger partial charge >= 0.3 is 0 Å². The van der Waals surface area contributed by atoms with Gasteiger partial charge in [0.15, 0.2) is 0 Å². The molecule has 0 aliphatic rings. The summed E-state index contributed by atoms with van der Waals surface area (Å²) < 4.78 is 26.8. The molecule has 2 rings (SSSR count). The molecule has 1 heterocycles. The summed E-state index contributed by atoms with van der Waals surface area (Å²) in [6, 6.07) is 5.63. The highest BCUT2D eigenvalue weighted by Crippen LogP contribution is 2.18. The number of anilines is 1. The van der Waals surface area contributed by atoms with Crippen LogP contribution >= 0.6 is 11.3 Å². The highest BCUT2D eigenvalue weighted by molar-refractivity contribution is 7.89. The molecule has 0 saturated carbocycles. The van der Waals surface area contributed by atoms with E-state index in [0.29, 0.717) is 5.13 Å². The first-order valence-corrected chi connectivity index (χ1v) is 9.38. The Balaban J connectivity index is 2.20. The third-order valence-electron chi connectivity index (χ3n) is 2.79. The Morgan fingerprint density at radius 1 is 1.30 bits per heavy atom. The summed E-state index contributed by atoms with van der Waals surface area (Å²) in [7, 11) is -3.64. The molecule has 0 bridgehead atoms. The van der Waals surface area contributed by atoms with E-state index in [9.17, 15) is 13.2 Å². The molecule has 0 fully saturated rings. The second-order valence-corrected chi connectivity index (χ2v) is 7.89. The number of hydrogen-bond acceptors (Lipinski definition) is 6. The molecule has 1 amide bonds. The summed E-state index contributed by atoms with van der Waals surface area (Å²) in [4.78, 5) is 12.3. The first-order chi connectivity index (χ1) is 10.8. The molecular formula is C14H18N4O3S2. The number of amides is 1. The molecule has 0 atom stereocenters. The topological polar surface area (TPSA) is 101 Å². The van der Waals surface area contributed by atoms with Crippen molar-refractivity contribution in [3.8, 4) is 0 Å². The lowest BCUT2D eigenvalue weighted by Crippen LogP contribution is -2.30. The number of nitrogens with one attached hydrogen (secondary N) is 2. The van der Waals surface area contributed by atoms with Crippen LogP contribution in [0.2, 0.25) is 0 Å². The summed E-state index contributed by atoms with van der Waals surface area (Å²) in [5.41, 5.74) is 0.241. The molecule has 7 nitrogen and oxygen atoms in total. The van der Waals surface area contributed by atoms with Gasteiger partial charge in [-0.1, -0.05) is 24.3 Å². The zero-order valence-corrected chi connectivity index (χ0v) is 14.7. The number of aryl methyl sites for hydroxylation is 1. The van der Waals surface area contributed by atoms with Gasteiger partial charge in [0, 0.05) is 11.6 Å². The van der Waals surface area contributed by atoms with Gasteiger partial charge in [0.25, 0.3) is 5.91 Å². The number of rotatable bonds is 6. The van der Waals surface area contributed by atoms with Crippen LogP contribution in [0.1, 0.15) is 36.1 Å². The molecule has 0 unspecified atom stereocenters. The molecule has 1 aromatic heterocycles. The summed E-state index contributed by atoms with van der Waals surface area (Å²) in [6.45, 7) is 5.41. The maximum absolute atomic E-state index is 12.2. The standard InChI is InChI=1S/C14H18N4O3S2/c1-4-12-16-17-14(22-12)15-13(19)10-6-5-7-11(8-10)23(20,21)18-9(2)3/h5-9,18H,4H2,1-3H3,(H,15,17,19). The molecule has 23 heavy (non-hydrogen) atoms. The van der Waals surface area contributed by atoms with Gasteiger partial charge in [-0.3, -0.25) is 10.1 Å². The first kappa shape index (κ1) is 17.5. The summed E-state index contributed by atoms with van der Waals surface area (Å²) in [6.07, 6.45) is 0.738. The lowest BCUT2D eigenvalue weighted by Gasteiger charge is -2.10. The molecule has 0 aliphatic carbocycles. The number of benzene rings is 1. The van der Waals surface area contributed by atoms with E-state index in [0.717, 1.165) is 11.4 Å². The molecule has 0 radical (unpaired) electrons. The van der Waals surface area contributed by atoms with Gasteiger partial charge in [0.1, 0.15) is 5.01 Å². The molecule has 0 spiro atoms. The van der Waals surface area contributed by atoms with Crippen molar-refractivity contribution in [3.63, 3.8) is 0 Å². The fourth-order valence-corrected chi connectivity index (χ4v) is 3.77. The van der Waals surface area contributed by atoms with Crippen molar-refractivity contribution in [1.82, 2.24) is 14.9 Å². The Kier molecular flexibility index (Phi) is 5.45. The Morgan fingerprint density at radius 2 is 2.04 bits per heavy atom. The third kappa shape index (κ3) is 4.57. The molecule has 124 valence electrons. The minimum Gasteiger partial charge on any atom is -0.296 e. The smallest absolute Gasteiger partial charge is 0.257 e. The minimum absolute atomic E-state index is 0.0466. The van der Waals surface area contributed by atoms with Gasteiger partial charge in [0.05, 0.1) is 4.90 Å². The van der Waals surface area contributed by atoms with Gasteiger partial charge in [0.2, 0.25) is 15.2 Å². The van der Waals surface area contributed by atoms with Gasteiger partial charge in [-0.25, -0.2) is 13.1 Å². The van der Waals surface area contributed by atoms with E-state index in [1.165, 1.54) is 29.5 Å². The molecule has 0 aliphatic heterocycles. The minimum atomic E-state index is -3.64. The largest absolute Gasteiger partial charge is 0.296 e. The van der Waals surface area contributed by atoms with Gasteiger partial charge in [-0.05, 0) is 38.5 Å². The molecule has 0 saturated heterocycles. The third-order valence-corrected chi connectivity index (χ3v) is 5.43. The van der Waals surface area contributed by atoms with E-state index < -0.39 is 15.9 Å². The maximum atomic E-state index is 12.2. The van der Waals surface area contributed by atoms with Crippen molar-refractivity contribution >= 4 is 32.4 Å². The van der Waals surface area contributed by atoms with Gasteiger partial charge in [-0.15, -0.1) is 10.2 Å². The van der Waals surface area contributed by atoms with Crippen LogP contribution in [0.25, 0.3) is 0 Å². The average molecular weight is 354 g/mol. The van der Waals surface area contributed by atoms with E-state index in [-0.39, 0.29) is 16.5 Å². The Hall–Kier alpha value is -1.84. The number of sulfonamides is 1. The lowest BCUT2D eigenvalue weighted by atomic mass is 10.2. The van der Waals surface area contributed by atoms with Crippen LogP contribution in [-0.4, -0.2) is 30.6 Å². The van der Waals surface area contributed by atoms with Crippen molar-refractivity contribution in [3.05, 3.63) is 34.8 Å². The summed E-state index contributed by atoms with van der Waals surface area (Å²) >= 11 is 1.29. The second-order valence-electron chi connectivity index (χ2n) is 5.11. The van der Waals surface area contributed by atoms with Crippen molar-refractivity contribution in [2.24, 2.45) is 0 Å². The summed E-state index contributed by atoms with van der Waals surface area (Å²) in [5, 5.41) is 11.6. The number of aromatic nitrogens is 2. The van der Waals surface area contributed by atoms with Gasteiger partial charge in [-0.2, -0.15) is 0 Å². The van der Waals surface area contributed by atoms with Gasteiger partial charge < -0.3 is 0 Å². The molecule has 2 N–H and O–H groups in total. The van der Waals surface area contributed by atoms with Crippen molar-refractivity contribution < 1.29 is 13.2 Å². The zero-order valence-electron chi connectivity index (χ0n) is 13.0. The number of nitrogens with zero attached hydrogens (tertiary/aromatic N) is 2. The van der Waals surface area contributed by atoms with Crippen LogP contribution in [0, 0.1) is 0 Å². The van der Waals surface area contributed by atoms with Crippen LogP contribution in [0.15, 0.2) is 29.2 Å². The second kappa shape index (κ2) is 7.16. The van der Waals surface area contributed by atoms with E-state index in [4.69, 9.17) is 0 Å². The predicted octanol–water partition coefficient (Wildman–Crippen LogP) is 2.04. The number of hydrogen-bond donors (Lipinski definition) is 2. The SMILES string of the molecule is CCc1nnc(NC(=O)c2cccc(S(=O)(=O)NC(C)C)c2)s1. The van der Waals surface area contributed by atoms with Crippen LogP contribution in [0.3, 0.4) is 0 Å². The van der Waals surface area contributed by atoms with E-state index in [1.54, 1.807) is 19.9 Å². The van der Waals surface area contributed by atoms with Crippen LogP contribution in [0.4, 0.5) is 5.13 Å². The number of carbonyl (C=O) groups excluding carboxylic acids is 1. The zero-order chi connectivity index (χ0) is 17.0. The Bertz CT molecular complexity index is 800. The van der Waals surface area contributed by atoms with E-state index in [2.05, 4.69) is 20.2 Å². The summed E-state index contributed by atoms with van der Waals surface area (Å²) in [5.74, 6) is -0.426. The Morgan fingerprint density at radius 3 is 2.65 bits per heavy atom. The quantitative estimate of drug-likeness (QED) is 0.827. The predicted molar refractivity (Wildman–Crippen MR) is 89.1 cm³/mol. The monoisotopic (exact) mass is 354 g/mol. The van der Waals surface area contributed by atoms with Crippen molar-refractivity contribution in [1.29, 1.82) is 0 Å². The van der Waals surface area contributed by atoms with E-state index in [1.807, 2.05) is 6.92 Å². The van der Waals surface area contributed by atoms with Crippen LogP contribution in [-0.2, 0) is 16.4 Å². The molecule has 2 aromatic rings. The molecule has 9 heteroatoms. The Labute approximate surface area is 139 Å². The average Bonchev–Trinajstić information content (AvgIpc) is 2.93. The highest BCUT2D eigenvalue weighted by Gasteiger charge is 2.17. The van der Waals surface area contributed by atoms with Crippen LogP contribution < -0.4 is 10.0 Å². The lowest BCUT2D eigenvalue weighted by molar-refractivity contribution is 0.102. The fraction of sp³-hybridized carbons (Fsp3) is 0.357. The van der Waals surface area contributed by atoms with E-state index >= 15 is 0 Å². The fourth-order valence-electron chi connectivity index (χ4n) is 1.80. The molecular weight excluding hydrogens is 336 g/mol. The van der Waals surface area contributed by atoms with Crippen molar-refractivity contribution in [2.45, 2.75) is 38.1 Å². The number of carbonyl (C=O) groups is 1. The maximum Gasteiger partial charge on any atom is 0.257 e. The first-order valence-electron chi connectivity index (χ1n) is 7.08. The normalized spacial score (nSPS) is 11.7. The van der Waals surface area contributed by atoms with Crippen LogP contribution in [0.5, 0.6) is 0 Å². The molecule has 1 aromatic carbocycles. The highest BCUT2D eigenvalue weighted by atomic mass is 32.2.